The van der Waals surface area contributed by atoms with Crippen molar-refractivity contribution in [1.29, 1.82) is 0 Å². The molecule has 0 rings (SSSR count). The van der Waals surface area contributed by atoms with Crippen LogP contribution in [0.1, 0.15) is 0 Å². The van der Waals surface area contributed by atoms with Crippen LogP contribution in [0, 0.1) is 0 Å². The molecule has 3 N–H and O–H groups in total. The van der Waals surface area contributed by atoms with Gasteiger partial charge in [-0.15, -0.1) is 24.0 Å². The van der Waals surface area contributed by atoms with E-state index in [1.165, 1.54) is 0 Å². The standard InChI is InChI=1S/C3H8O3.Al.HI.3H/c4-1-3(6)2-5;;;;;/h3-6H,1-2H2;;1H;;;. The molecule has 0 saturated carbocycles. The van der Waals surface area contributed by atoms with Crippen LogP contribution in [0.5, 0.6) is 0 Å². The summed E-state index contributed by atoms with van der Waals surface area (Å²) in [5.74, 6) is 0. The zero-order valence-corrected chi connectivity index (χ0v) is 6.07. The Hall–Kier alpha value is 1.14. The van der Waals surface area contributed by atoms with E-state index in [0.717, 1.165) is 0 Å². The Bertz CT molecular complexity index is 33.7. The summed E-state index contributed by atoms with van der Waals surface area (Å²) < 4.78 is 0. The van der Waals surface area contributed by atoms with Gasteiger partial charge in [-0.25, -0.2) is 0 Å². The van der Waals surface area contributed by atoms with Crippen molar-refractivity contribution in [2.45, 2.75) is 6.10 Å². The van der Waals surface area contributed by atoms with E-state index in [0.29, 0.717) is 0 Å². The van der Waals surface area contributed by atoms with Crippen molar-refractivity contribution >= 4 is 41.3 Å². The molecule has 0 aromatic rings. The molecule has 0 heterocycles. The third-order valence-corrected chi connectivity index (χ3v) is 0.421. The van der Waals surface area contributed by atoms with Crippen molar-refractivity contribution in [3.63, 3.8) is 0 Å². The first-order chi connectivity index (χ1) is 2.81. The van der Waals surface area contributed by atoms with E-state index in [9.17, 15) is 0 Å². The first-order valence-electron chi connectivity index (χ1n) is 1.71. The van der Waals surface area contributed by atoms with E-state index >= 15 is 0 Å². The Morgan fingerprint density at radius 1 is 1.12 bits per heavy atom. The normalized spacial score (nSPS) is 7.50. The minimum absolute atomic E-state index is 0. The van der Waals surface area contributed by atoms with Gasteiger partial charge in [-0.05, 0) is 0 Å². The molecular formula is C3H12AlIO3. The van der Waals surface area contributed by atoms with Crippen molar-refractivity contribution in [3.05, 3.63) is 0 Å². The lowest BCUT2D eigenvalue weighted by atomic mass is 10.4. The quantitative estimate of drug-likeness (QED) is 0.384. The SMILES string of the molecule is I.OCC(O)CO.[AlH3]. The highest BCUT2D eigenvalue weighted by Crippen LogP contribution is 1.71. The average molecular weight is 250 g/mol. The van der Waals surface area contributed by atoms with Crippen molar-refractivity contribution < 1.29 is 15.3 Å². The van der Waals surface area contributed by atoms with E-state index in [4.69, 9.17) is 15.3 Å². The fourth-order valence-electron chi connectivity index (χ4n) is 0.0577. The van der Waals surface area contributed by atoms with E-state index in [1.54, 1.807) is 0 Å². The summed E-state index contributed by atoms with van der Waals surface area (Å²) in [5, 5.41) is 24.0. The van der Waals surface area contributed by atoms with E-state index < -0.39 is 6.10 Å². The number of aliphatic hydroxyl groups is 3. The predicted molar refractivity (Wildman–Crippen MR) is 45.5 cm³/mol. The van der Waals surface area contributed by atoms with Gasteiger partial charge in [-0.2, -0.15) is 0 Å². The van der Waals surface area contributed by atoms with Crippen LogP contribution in [0.15, 0.2) is 0 Å². The lowest BCUT2D eigenvalue weighted by Crippen LogP contribution is -2.15. The number of hydrogen-bond donors (Lipinski definition) is 3. The minimum atomic E-state index is -0.954. The summed E-state index contributed by atoms with van der Waals surface area (Å²) in [6, 6.07) is 0. The van der Waals surface area contributed by atoms with Gasteiger partial charge in [0.25, 0.3) is 0 Å². The maximum atomic E-state index is 8.17. The summed E-state index contributed by atoms with van der Waals surface area (Å²) in [4.78, 5) is 0. The molecule has 0 bridgehead atoms. The molecule has 3 nitrogen and oxygen atoms in total. The smallest absolute Gasteiger partial charge is 0.187 e. The molecule has 52 valence electrons. The fraction of sp³-hybridized carbons (Fsp3) is 1.00. The van der Waals surface area contributed by atoms with Crippen LogP contribution in [-0.2, 0) is 0 Å². The van der Waals surface area contributed by atoms with Gasteiger partial charge in [-0.1, -0.05) is 0 Å². The molecule has 0 aliphatic rings. The minimum Gasteiger partial charge on any atom is -0.394 e. The summed E-state index contributed by atoms with van der Waals surface area (Å²) in [5.41, 5.74) is 0. The molecule has 0 fully saturated rings. The van der Waals surface area contributed by atoms with Crippen LogP contribution < -0.4 is 0 Å². The second-order valence-electron chi connectivity index (χ2n) is 1.02. The summed E-state index contributed by atoms with van der Waals surface area (Å²) in [7, 11) is 0. The highest BCUT2D eigenvalue weighted by Gasteiger charge is 1.93. The number of halogens is 1. The van der Waals surface area contributed by atoms with Gasteiger partial charge < -0.3 is 15.3 Å². The number of aliphatic hydroxyl groups excluding tert-OH is 3. The highest BCUT2D eigenvalue weighted by molar-refractivity contribution is 14.0. The van der Waals surface area contributed by atoms with Gasteiger partial charge in [0, 0.05) is 0 Å². The summed E-state index contributed by atoms with van der Waals surface area (Å²) in [6.07, 6.45) is -0.954. The molecule has 0 aromatic heterocycles. The molecule has 0 aliphatic heterocycles. The first-order valence-corrected chi connectivity index (χ1v) is 1.71. The average Bonchev–Trinajstić information content (AvgIpc) is 1.65. The third kappa shape index (κ3) is 10.2. The van der Waals surface area contributed by atoms with Crippen LogP contribution >= 0.6 is 24.0 Å². The second kappa shape index (κ2) is 11.0. The van der Waals surface area contributed by atoms with E-state index in [2.05, 4.69) is 0 Å². The molecule has 0 aliphatic carbocycles. The number of rotatable bonds is 2. The lowest BCUT2D eigenvalue weighted by Gasteiger charge is -1.96. The maximum absolute atomic E-state index is 8.17. The molecule has 0 amide bonds. The highest BCUT2D eigenvalue weighted by atomic mass is 127. The predicted octanol–water partition coefficient (Wildman–Crippen LogP) is -2.23. The third-order valence-electron chi connectivity index (χ3n) is 0.421. The Balaban J connectivity index is -0.000000125. The zero-order valence-electron chi connectivity index (χ0n) is 3.74. The number of hydrogen-bond acceptors (Lipinski definition) is 3. The van der Waals surface area contributed by atoms with Gasteiger partial charge in [0.15, 0.2) is 17.4 Å². The van der Waals surface area contributed by atoms with Crippen molar-refractivity contribution in [1.82, 2.24) is 0 Å². The van der Waals surface area contributed by atoms with Crippen LogP contribution in [0.25, 0.3) is 0 Å². The molecule has 8 heavy (non-hydrogen) atoms. The lowest BCUT2D eigenvalue weighted by molar-refractivity contribution is 0.0450. The fourth-order valence-corrected chi connectivity index (χ4v) is 0.0577. The van der Waals surface area contributed by atoms with Gasteiger partial charge in [-0.3, -0.25) is 0 Å². The molecule has 5 heteroatoms. The largest absolute Gasteiger partial charge is 0.394 e. The van der Waals surface area contributed by atoms with Crippen LogP contribution in [0.2, 0.25) is 0 Å². The molecule has 0 saturated heterocycles. The van der Waals surface area contributed by atoms with Gasteiger partial charge in [0.2, 0.25) is 0 Å². The van der Waals surface area contributed by atoms with Crippen LogP contribution in [-0.4, -0.2) is 52.0 Å². The van der Waals surface area contributed by atoms with Gasteiger partial charge >= 0.3 is 0 Å². The molecular weight excluding hydrogens is 238 g/mol. The topological polar surface area (TPSA) is 60.7 Å². The Kier molecular flexibility index (Phi) is 22.1. The summed E-state index contributed by atoms with van der Waals surface area (Å²) in [6.45, 7) is -0.729. The molecule has 0 spiro atoms. The zero-order chi connectivity index (χ0) is 4.99. The molecule has 0 aromatic carbocycles. The van der Waals surface area contributed by atoms with Crippen molar-refractivity contribution in [2.75, 3.05) is 13.2 Å². The summed E-state index contributed by atoms with van der Waals surface area (Å²) >= 11 is 0. The van der Waals surface area contributed by atoms with Crippen molar-refractivity contribution in [2.24, 2.45) is 0 Å². The Labute approximate surface area is 75.9 Å². The second-order valence-corrected chi connectivity index (χ2v) is 1.02. The van der Waals surface area contributed by atoms with Gasteiger partial charge in [0.1, 0.15) is 6.10 Å². The monoisotopic (exact) mass is 250 g/mol. The molecule has 0 atom stereocenters. The first kappa shape index (κ1) is 16.1. The molecule has 0 unspecified atom stereocenters. The van der Waals surface area contributed by atoms with Crippen LogP contribution in [0.3, 0.4) is 0 Å². The van der Waals surface area contributed by atoms with Crippen LogP contribution in [0.4, 0.5) is 0 Å². The Morgan fingerprint density at radius 3 is 1.38 bits per heavy atom. The van der Waals surface area contributed by atoms with E-state index in [1.807, 2.05) is 0 Å². The molecule has 0 radical (unpaired) electrons. The van der Waals surface area contributed by atoms with Gasteiger partial charge in [0.05, 0.1) is 13.2 Å². The van der Waals surface area contributed by atoms with Crippen molar-refractivity contribution in [3.8, 4) is 0 Å². The Morgan fingerprint density at radius 2 is 1.38 bits per heavy atom. The van der Waals surface area contributed by atoms with E-state index in [-0.39, 0.29) is 54.6 Å². The maximum Gasteiger partial charge on any atom is 0.187 e.